The first-order valence-corrected chi connectivity index (χ1v) is 9.19. The summed E-state index contributed by atoms with van der Waals surface area (Å²) in [7, 11) is 4.04. The lowest BCUT2D eigenvalue weighted by Crippen LogP contribution is -2.47. The molecule has 0 spiro atoms. The Hall–Kier alpha value is -1.66. The van der Waals surface area contributed by atoms with Crippen LogP contribution in [-0.2, 0) is 4.74 Å². The highest BCUT2D eigenvalue weighted by Crippen LogP contribution is 2.34. The zero-order valence-electron chi connectivity index (χ0n) is 15.3. The lowest BCUT2D eigenvalue weighted by molar-refractivity contribution is 0.0992. The summed E-state index contributed by atoms with van der Waals surface area (Å²) in [6, 6.07) is 7.13. The second-order valence-corrected chi connectivity index (χ2v) is 7.11. The molecule has 1 aromatic carbocycles. The summed E-state index contributed by atoms with van der Waals surface area (Å²) >= 11 is 0. The molecule has 2 heterocycles. The standard InChI is InChI=1S/C19H29FN4O/c1-4-21-19(23-16-11-15-9-10-18(16)25-15)22-12-17(24(2)3)13-5-7-14(20)8-6-13/h5-8,15-18H,4,9-12H2,1-3H3,(H2,21,22,23). The fourth-order valence-corrected chi connectivity index (χ4v) is 3.71. The number of nitrogens with one attached hydrogen (secondary N) is 2. The monoisotopic (exact) mass is 348 g/mol. The molecule has 0 saturated carbocycles. The molecule has 0 amide bonds. The maximum absolute atomic E-state index is 13.2. The first kappa shape index (κ1) is 18.1. The lowest BCUT2D eigenvalue weighted by Gasteiger charge is -2.25. The van der Waals surface area contributed by atoms with Gasteiger partial charge in [0.1, 0.15) is 5.82 Å². The molecule has 2 aliphatic heterocycles. The second kappa shape index (κ2) is 8.15. The van der Waals surface area contributed by atoms with Gasteiger partial charge in [0, 0.05) is 6.54 Å². The summed E-state index contributed by atoms with van der Waals surface area (Å²) in [5, 5.41) is 6.87. The first-order valence-electron chi connectivity index (χ1n) is 9.19. The minimum Gasteiger partial charge on any atom is -0.373 e. The Labute approximate surface area is 149 Å². The molecule has 0 radical (unpaired) electrons. The zero-order valence-corrected chi connectivity index (χ0v) is 15.3. The van der Waals surface area contributed by atoms with Gasteiger partial charge in [-0.2, -0.15) is 0 Å². The van der Waals surface area contributed by atoms with Crippen LogP contribution in [0.3, 0.4) is 0 Å². The largest absolute Gasteiger partial charge is 0.373 e. The molecule has 2 aliphatic rings. The predicted octanol–water partition coefficient (Wildman–Crippen LogP) is 2.30. The molecule has 3 rings (SSSR count). The van der Waals surface area contributed by atoms with E-state index in [9.17, 15) is 4.39 Å². The number of benzene rings is 1. The number of rotatable bonds is 6. The summed E-state index contributed by atoms with van der Waals surface area (Å²) in [6.07, 6.45) is 4.11. The van der Waals surface area contributed by atoms with Crippen molar-refractivity contribution >= 4 is 5.96 Å². The van der Waals surface area contributed by atoms with Gasteiger partial charge in [0.2, 0.25) is 0 Å². The van der Waals surface area contributed by atoms with Crippen LogP contribution in [0.4, 0.5) is 4.39 Å². The van der Waals surface area contributed by atoms with Gasteiger partial charge in [-0.25, -0.2) is 4.39 Å². The minimum absolute atomic E-state index is 0.104. The summed E-state index contributed by atoms with van der Waals surface area (Å²) in [5.74, 6) is 0.619. The number of aliphatic imine (C=N–C) groups is 1. The molecule has 25 heavy (non-hydrogen) atoms. The van der Waals surface area contributed by atoms with Crippen molar-refractivity contribution < 1.29 is 9.13 Å². The van der Waals surface area contributed by atoms with Crippen LogP contribution in [0.25, 0.3) is 0 Å². The molecule has 1 aromatic rings. The molecule has 0 aromatic heterocycles. The third kappa shape index (κ3) is 4.50. The van der Waals surface area contributed by atoms with Gasteiger partial charge in [-0.15, -0.1) is 0 Å². The Kier molecular flexibility index (Phi) is 5.91. The zero-order chi connectivity index (χ0) is 17.8. The Morgan fingerprint density at radius 1 is 1.32 bits per heavy atom. The number of halogens is 1. The van der Waals surface area contributed by atoms with Crippen molar-refractivity contribution in [2.45, 2.75) is 50.5 Å². The maximum atomic E-state index is 13.2. The molecule has 138 valence electrons. The molecule has 2 saturated heterocycles. The van der Waals surface area contributed by atoms with Crippen LogP contribution in [0.1, 0.15) is 37.8 Å². The van der Waals surface area contributed by atoms with E-state index in [0.29, 0.717) is 24.8 Å². The quantitative estimate of drug-likeness (QED) is 0.612. The van der Waals surface area contributed by atoms with Crippen LogP contribution in [0.15, 0.2) is 29.3 Å². The van der Waals surface area contributed by atoms with Gasteiger partial charge in [0.25, 0.3) is 0 Å². The van der Waals surface area contributed by atoms with E-state index in [1.807, 2.05) is 26.2 Å². The lowest BCUT2D eigenvalue weighted by atomic mass is 9.96. The van der Waals surface area contributed by atoms with Crippen LogP contribution in [0, 0.1) is 5.82 Å². The van der Waals surface area contributed by atoms with Gasteiger partial charge in [-0.05, 0) is 58.0 Å². The molecule has 2 N–H and O–H groups in total. The fourth-order valence-electron chi connectivity index (χ4n) is 3.71. The van der Waals surface area contributed by atoms with Gasteiger partial charge in [-0.3, -0.25) is 4.99 Å². The second-order valence-electron chi connectivity index (χ2n) is 7.11. The molecular weight excluding hydrogens is 319 g/mol. The van der Waals surface area contributed by atoms with E-state index < -0.39 is 0 Å². The third-order valence-electron chi connectivity index (χ3n) is 5.07. The molecule has 4 unspecified atom stereocenters. The summed E-state index contributed by atoms with van der Waals surface area (Å²) in [4.78, 5) is 6.90. The highest BCUT2D eigenvalue weighted by Gasteiger charge is 2.41. The highest BCUT2D eigenvalue weighted by atomic mass is 19.1. The smallest absolute Gasteiger partial charge is 0.191 e. The van der Waals surface area contributed by atoms with Crippen molar-refractivity contribution in [1.29, 1.82) is 0 Å². The van der Waals surface area contributed by atoms with E-state index in [-0.39, 0.29) is 11.9 Å². The van der Waals surface area contributed by atoms with Crippen LogP contribution < -0.4 is 10.6 Å². The van der Waals surface area contributed by atoms with E-state index in [0.717, 1.165) is 30.9 Å². The number of hydrogen-bond donors (Lipinski definition) is 2. The van der Waals surface area contributed by atoms with Crippen molar-refractivity contribution in [3.8, 4) is 0 Å². The first-order chi connectivity index (χ1) is 12.1. The Balaban J connectivity index is 1.66. The SMILES string of the molecule is CCNC(=NCC(c1ccc(F)cc1)N(C)C)NC1CC2CCC1O2. The fraction of sp³-hybridized carbons (Fsp3) is 0.632. The third-order valence-corrected chi connectivity index (χ3v) is 5.07. The van der Waals surface area contributed by atoms with E-state index in [1.54, 1.807) is 0 Å². The normalized spacial score (nSPS) is 26.9. The van der Waals surface area contributed by atoms with Crippen LogP contribution >= 0.6 is 0 Å². The average molecular weight is 348 g/mol. The molecule has 2 bridgehead atoms. The summed E-state index contributed by atoms with van der Waals surface area (Å²) in [6.45, 7) is 3.49. The van der Waals surface area contributed by atoms with Crippen molar-refractivity contribution in [3.05, 3.63) is 35.6 Å². The van der Waals surface area contributed by atoms with E-state index in [1.165, 1.54) is 18.6 Å². The Bertz CT molecular complexity index is 590. The highest BCUT2D eigenvalue weighted by molar-refractivity contribution is 5.80. The molecular formula is C19H29FN4O. The molecule has 6 heteroatoms. The Morgan fingerprint density at radius 3 is 2.64 bits per heavy atom. The van der Waals surface area contributed by atoms with Crippen LogP contribution in [0.5, 0.6) is 0 Å². The van der Waals surface area contributed by atoms with E-state index in [2.05, 4.69) is 22.5 Å². The number of fused-ring (bicyclic) bond motifs is 2. The number of guanidine groups is 1. The van der Waals surface area contributed by atoms with Crippen molar-refractivity contribution in [1.82, 2.24) is 15.5 Å². The van der Waals surface area contributed by atoms with Crippen molar-refractivity contribution in [2.24, 2.45) is 4.99 Å². The van der Waals surface area contributed by atoms with Gasteiger partial charge < -0.3 is 20.3 Å². The Morgan fingerprint density at radius 2 is 2.08 bits per heavy atom. The molecule has 5 nitrogen and oxygen atoms in total. The maximum Gasteiger partial charge on any atom is 0.191 e. The van der Waals surface area contributed by atoms with Crippen LogP contribution in [0.2, 0.25) is 0 Å². The number of nitrogens with zero attached hydrogens (tertiary/aromatic N) is 2. The molecule has 2 fully saturated rings. The predicted molar refractivity (Wildman–Crippen MR) is 98.2 cm³/mol. The van der Waals surface area contributed by atoms with Crippen molar-refractivity contribution in [3.63, 3.8) is 0 Å². The number of likely N-dealkylation sites (N-methyl/N-ethyl adjacent to an activating group) is 1. The average Bonchev–Trinajstić information content (AvgIpc) is 3.19. The van der Waals surface area contributed by atoms with Crippen LogP contribution in [-0.4, -0.2) is 56.3 Å². The van der Waals surface area contributed by atoms with E-state index in [4.69, 9.17) is 9.73 Å². The van der Waals surface area contributed by atoms with E-state index >= 15 is 0 Å². The van der Waals surface area contributed by atoms with Gasteiger partial charge in [0.05, 0.1) is 30.8 Å². The minimum atomic E-state index is -0.212. The van der Waals surface area contributed by atoms with Crippen molar-refractivity contribution in [2.75, 3.05) is 27.2 Å². The summed E-state index contributed by atoms with van der Waals surface area (Å²) < 4.78 is 19.1. The molecule has 0 aliphatic carbocycles. The molecule has 4 atom stereocenters. The van der Waals surface area contributed by atoms with Gasteiger partial charge in [0.15, 0.2) is 5.96 Å². The topological polar surface area (TPSA) is 48.9 Å². The number of hydrogen-bond acceptors (Lipinski definition) is 3. The van der Waals surface area contributed by atoms with Gasteiger partial charge >= 0.3 is 0 Å². The van der Waals surface area contributed by atoms with Gasteiger partial charge in [-0.1, -0.05) is 12.1 Å². The summed E-state index contributed by atoms with van der Waals surface area (Å²) in [5.41, 5.74) is 1.06. The number of ether oxygens (including phenoxy) is 1.